The number of aromatic amines is 1. The molecule has 6 nitrogen and oxygen atoms in total. The quantitative estimate of drug-likeness (QED) is 0.377. The summed E-state index contributed by atoms with van der Waals surface area (Å²) >= 11 is 0. The van der Waals surface area contributed by atoms with E-state index in [0.717, 1.165) is 29.7 Å². The van der Waals surface area contributed by atoms with Gasteiger partial charge in [-0.15, -0.1) is 0 Å². The number of methoxy groups -OCH3 is 1. The maximum atomic E-state index is 12.5. The summed E-state index contributed by atoms with van der Waals surface area (Å²) in [5.74, 6) is 2.22. The van der Waals surface area contributed by atoms with Gasteiger partial charge in [-0.3, -0.25) is 4.79 Å². The van der Waals surface area contributed by atoms with Crippen molar-refractivity contribution < 1.29 is 14.3 Å². The molecule has 0 spiro atoms. The van der Waals surface area contributed by atoms with E-state index in [1.165, 1.54) is 12.7 Å². The molecular formula is C28H33N3O3. The van der Waals surface area contributed by atoms with Gasteiger partial charge >= 0.3 is 5.97 Å². The molecule has 0 saturated carbocycles. The second kappa shape index (κ2) is 10.2. The van der Waals surface area contributed by atoms with Gasteiger partial charge < -0.3 is 15.0 Å². The minimum Gasteiger partial charge on any atom is -0.465 e. The maximum absolute atomic E-state index is 12.5. The van der Waals surface area contributed by atoms with Crippen molar-refractivity contribution in [2.75, 3.05) is 13.7 Å². The Labute approximate surface area is 200 Å². The number of hydrogen-bond donors (Lipinski definition) is 2. The second-order valence-corrected chi connectivity index (χ2v) is 9.60. The number of benzene rings is 2. The van der Waals surface area contributed by atoms with E-state index >= 15 is 0 Å². The number of esters is 1. The molecule has 1 aliphatic rings. The van der Waals surface area contributed by atoms with E-state index in [4.69, 9.17) is 9.72 Å². The molecule has 6 heteroatoms. The summed E-state index contributed by atoms with van der Waals surface area (Å²) in [6.07, 6.45) is 4.22. The van der Waals surface area contributed by atoms with Gasteiger partial charge in [0.2, 0.25) is 0 Å². The van der Waals surface area contributed by atoms with Gasteiger partial charge in [0.05, 0.1) is 23.7 Å². The van der Waals surface area contributed by atoms with Crippen LogP contribution in [0.1, 0.15) is 53.7 Å². The van der Waals surface area contributed by atoms with Crippen molar-refractivity contribution in [1.82, 2.24) is 15.3 Å². The Morgan fingerprint density at radius 1 is 1.15 bits per heavy atom. The lowest BCUT2D eigenvalue weighted by molar-refractivity contribution is 0.0600. The number of H-pyrrole nitrogens is 1. The Balaban J connectivity index is 1.47. The minimum atomic E-state index is -0.353. The number of amides is 1. The number of imidazole rings is 1. The highest BCUT2D eigenvalue weighted by molar-refractivity contribution is 5.94. The van der Waals surface area contributed by atoms with Crippen LogP contribution in [0, 0.1) is 23.7 Å². The Hall–Kier alpha value is -3.41. The maximum Gasteiger partial charge on any atom is 0.337 e. The van der Waals surface area contributed by atoms with Crippen LogP contribution in [-0.4, -0.2) is 35.5 Å². The molecule has 3 aromatic rings. The predicted octanol–water partition coefficient (Wildman–Crippen LogP) is 5.18. The summed E-state index contributed by atoms with van der Waals surface area (Å²) in [6, 6.07) is 14.8. The number of ether oxygens (including phenoxy) is 1. The van der Waals surface area contributed by atoms with Gasteiger partial charge in [0.25, 0.3) is 5.91 Å². The fourth-order valence-electron chi connectivity index (χ4n) is 5.05. The SMILES string of the molecule is COC(=O)c1ccc2nc(CC3CC(C(C)C)C(CNC(=O)c4ccccc4)C=C3C)[nH]c2c1. The van der Waals surface area contributed by atoms with E-state index in [0.29, 0.717) is 41.3 Å². The van der Waals surface area contributed by atoms with Crippen LogP contribution in [0.5, 0.6) is 0 Å². The van der Waals surface area contributed by atoms with Gasteiger partial charge in [0, 0.05) is 18.5 Å². The normalized spacial score (nSPS) is 20.3. The molecular weight excluding hydrogens is 426 g/mol. The first kappa shape index (κ1) is 23.7. The highest BCUT2D eigenvalue weighted by Gasteiger charge is 2.32. The third-order valence-corrected chi connectivity index (χ3v) is 7.01. The van der Waals surface area contributed by atoms with Gasteiger partial charge in [-0.25, -0.2) is 9.78 Å². The number of fused-ring (bicyclic) bond motifs is 1. The lowest BCUT2D eigenvalue weighted by atomic mass is 9.69. The molecule has 0 bridgehead atoms. The number of aromatic nitrogens is 2. The average molecular weight is 460 g/mol. The molecule has 178 valence electrons. The van der Waals surface area contributed by atoms with E-state index in [-0.39, 0.29) is 11.9 Å². The van der Waals surface area contributed by atoms with E-state index in [1.807, 2.05) is 36.4 Å². The molecule has 3 atom stereocenters. The summed E-state index contributed by atoms with van der Waals surface area (Å²) in [5, 5.41) is 3.14. The largest absolute Gasteiger partial charge is 0.465 e. The topological polar surface area (TPSA) is 84.1 Å². The standard InChI is InChI=1S/C28H33N3O3/c1-17(2)23-13-21(15-26-30-24-11-10-20(28(33)34-4)14-25(24)31-26)18(3)12-22(23)16-29-27(32)19-8-6-5-7-9-19/h5-12,14,17,21-23H,13,15-16H2,1-4H3,(H,29,32)(H,30,31). The molecule has 1 aromatic heterocycles. The van der Waals surface area contributed by atoms with Crippen LogP contribution in [0.2, 0.25) is 0 Å². The van der Waals surface area contributed by atoms with Gasteiger partial charge in [-0.1, -0.05) is 43.7 Å². The fourth-order valence-corrected chi connectivity index (χ4v) is 5.05. The van der Waals surface area contributed by atoms with Crippen LogP contribution in [0.25, 0.3) is 11.0 Å². The van der Waals surface area contributed by atoms with Gasteiger partial charge in [-0.05, 0) is 67.3 Å². The fraction of sp³-hybridized carbons (Fsp3) is 0.393. The van der Waals surface area contributed by atoms with Crippen molar-refractivity contribution in [3.63, 3.8) is 0 Å². The first-order valence-corrected chi connectivity index (χ1v) is 11.9. The lowest BCUT2D eigenvalue weighted by Gasteiger charge is -2.37. The number of carbonyl (C=O) groups excluding carboxylic acids is 2. The van der Waals surface area contributed by atoms with Crippen LogP contribution < -0.4 is 5.32 Å². The molecule has 3 unspecified atom stereocenters. The van der Waals surface area contributed by atoms with Crippen molar-refractivity contribution in [2.45, 2.75) is 33.6 Å². The third kappa shape index (κ3) is 5.22. The summed E-state index contributed by atoms with van der Waals surface area (Å²) in [6.45, 7) is 7.35. The second-order valence-electron chi connectivity index (χ2n) is 9.60. The van der Waals surface area contributed by atoms with Crippen molar-refractivity contribution in [3.05, 3.63) is 77.1 Å². The molecule has 1 aliphatic carbocycles. The predicted molar refractivity (Wildman–Crippen MR) is 134 cm³/mol. The van der Waals surface area contributed by atoms with E-state index in [2.05, 4.69) is 37.1 Å². The number of nitrogens with one attached hydrogen (secondary N) is 2. The van der Waals surface area contributed by atoms with Crippen LogP contribution in [0.3, 0.4) is 0 Å². The Kier molecular flexibility index (Phi) is 7.15. The zero-order chi connectivity index (χ0) is 24.2. The zero-order valence-corrected chi connectivity index (χ0v) is 20.3. The van der Waals surface area contributed by atoms with E-state index in [9.17, 15) is 9.59 Å². The smallest absolute Gasteiger partial charge is 0.337 e. The summed E-state index contributed by atoms with van der Waals surface area (Å²) in [4.78, 5) is 32.5. The molecule has 2 N–H and O–H groups in total. The number of hydrogen-bond acceptors (Lipinski definition) is 4. The average Bonchev–Trinajstić information content (AvgIpc) is 3.25. The van der Waals surface area contributed by atoms with Gasteiger partial charge in [0.15, 0.2) is 0 Å². The van der Waals surface area contributed by atoms with Crippen LogP contribution in [0.15, 0.2) is 60.2 Å². The molecule has 0 fully saturated rings. The summed E-state index contributed by atoms with van der Waals surface area (Å²) < 4.78 is 4.82. The van der Waals surface area contributed by atoms with Crippen LogP contribution >= 0.6 is 0 Å². The zero-order valence-electron chi connectivity index (χ0n) is 20.3. The van der Waals surface area contributed by atoms with E-state index in [1.54, 1.807) is 12.1 Å². The molecule has 0 aliphatic heterocycles. The van der Waals surface area contributed by atoms with Crippen molar-refractivity contribution in [1.29, 1.82) is 0 Å². The Morgan fingerprint density at radius 3 is 2.62 bits per heavy atom. The number of rotatable bonds is 7. The molecule has 1 amide bonds. The number of nitrogens with zero attached hydrogens (tertiary/aromatic N) is 1. The van der Waals surface area contributed by atoms with Gasteiger partial charge in [-0.2, -0.15) is 0 Å². The van der Waals surface area contributed by atoms with Crippen LogP contribution in [0.4, 0.5) is 0 Å². The molecule has 34 heavy (non-hydrogen) atoms. The minimum absolute atomic E-state index is 0.0233. The Bertz CT molecular complexity index is 1200. The molecule has 2 aromatic carbocycles. The third-order valence-electron chi connectivity index (χ3n) is 7.01. The Morgan fingerprint density at radius 2 is 1.91 bits per heavy atom. The first-order chi connectivity index (χ1) is 16.4. The molecule has 4 rings (SSSR count). The van der Waals surface area contributed by atoms with Gasteiger partial charge in [0.1, 0.15) is 5.82 Å². The van der Waals surface area contributed by atoms with Crippen molar-refractivity contribution in [3.8, 4) is 0 Å². The summed E-state index contributed by atoms with van der Waals surface area (Å²) in [5.41, 5.74) is 4.24. The molecule has 0 radical (unpaired) electrons. The summed E-state index contributed by atoms with van der Waals surface area (Å²) in [7, 11) is 1.38. The molecule has 0 saturated heterocycles. The monoisotopic (exact) mass is 459 g/mol. The van der Waals surface area contributed by atoms with Crippen molar-refractivity contribution >= 4 is 22.9 Å². The first-order valence-electron chi connectivity index (χ1n) is 11.9. The highest BCUT2D eigenvalue weighted by atomic mass is 16.5. The lowest BCUT2D eigenvalue weighted by Crippen LogP contribution is -2.37. The van der Waals surface area contributed by atoms with E-state index < -0.39 is 0 Å². The number of carbonyl (C=O) groups is 2. The van der Waals surface area contributed by atoms with Crippen molar-refractivity contribution in [2.24, 2.45) is 23.7 Å². The van der Waals surface area contributed by atoms with Crippen LogP contribution in [-0.2, 0) is 11.2 Å². The highest BCUT2D eigenvalue weighted by Crippen LogP contribution is 2.38. The number of allylic oxidation sites excluding steroid dienone is 1. The molecule has 1 heterocycles.